The van der Waals surface area contributed by atoms with Crippen molar-refractivity contribution in [2.45, 2.75) is 25.3 Å². The summed E-state index contributed by atoms with van der Waals surface area (Å²) in [5.41, 5.74) is 1.98. The van der Waals surface area contributed by atoms with Gasteiger partial charge in [0.15, 0.2) is 5.78 Å². The van der Waals surface area contributed by atoms with Gasteiger partial charge < -0.3 is 20.5 Å². The molecule has 0 radical (unpaired) electrons. The number of halogens is 2. The van der Waals surface area contributed by atoms with E-state index in [1.54, 1.807) is 43.6 Å². The van der Waals surface area contributed by atoms with Gasteiger partial charge in [-0.3, -0.25) is 19.4 Å². The number of carboxylic acid groups (broad SMARTS) is 1. The number of carbonyl (C=O) groups excluding carboxylic acids is 3. The van der Waals surface area contributed by atoms with Gasteiger partial charge in [-0.25, -0.2) is 4.79 Å². The molecule has 0 saturated heterocycles. The number of benzene rings is 2. The second-order valence-corrected chi connectivity index (χ2v) is 9.10. The van der Waals surface area contributed by atoms with Crippen molar-refractivity contribution < 1.29 is 29.0 Å². The Hall–Kier alpha value is -3.95. The number of pyridine rings is 1. The summed E-state index contributed by atoms with van der Waals surface area (Å²) in [5, 5.41) is 14.5. The minimum Gasteiger partial charge on any atom is -0.495 e. The molecule has 2 aromatic carbocycles. The lowest BCUT2D eigenvalue weighted by Crippen LogP contribution is -2.41. The molecular formula is C27H25Cl2N3O6. The van der Waals surface area contributed by atoms with Crippen LogP contribution in [0.15, 0.2) is 60.8 Å². The Labute approximate surface area is 229 Å². The molecule has 3 N–H and O–H groups in total. The van der Waals surface area contributed by atoms with E-state index in [0.717, 1.165) is 11.3 Å². The first kappa shape index (κ1) is 28.6. The zero-order valence-corrected chi connectivity index (χ0v) is 21.9. The zero-order chi connectivity index (χ0) is 27.7. The molecule has 0 saturated carbocycles. The second kappa shape index (κ2) is 13.6. The molecule has 0 unspecified atom stereocenters. The van der Waals surface area contributed by atoms with E-state index in [0.29, 0.717) is 17.7 Å². The third-order valence-electron chi connectivity index (χ3n) is 5.56. The average molecular weight is 558 g/mol. The van der Waals surface area contributed by atoms with Gasteiger partial charge in [0.05, 0.1) is 35.5 Å². The Morgan fingerprint density at radius 1 is 1.00 bits per heavy atom. The van der Waals surface area contributed by atoms with Crippen LogP contribution in [0.5, 0.6) is 5.75 Å². The fourth-order valence-electron chi connectivity index (χ4n) is 3.55. The van der Waals surface area contributed by atoms with Crippen LogP contribution in [0.2, 0.25) is 10.0 Å². The highest BCUT2D eigenvalue weighted by atomic mass is 35.5. The van der Waals surface area contributed by atoms with Gasteiger partial charge in [-0.15, -0.1) is 0 Å². The molecule has 1 atom stereocenters. The normalized spacial score (nSPS) is 11.3. The fourth-order valence-corrected chi connectivity index (χ4v) is 4.11. The maximum Gasteiger partial charge on any atom is 0.326 e. The maximum absolute atomic E-state index is 12.6. The van der Waals surface area contributed by atoms with Gasteiger partial charge in [-0.1, -0.05) is 41.4 Å². The van der Waals surface area contributed by atoms with Gasteiger partial charge in [-0.2, -0.15) is 0 Å². The molecule has 0 aliphatic carbocycles. The summed E-state index contributed by atoms with van der Waals surface area (Å²) < 4.78 is 5.10. The lowest BCUT2D eigenvalue weighted by Gasteiger charge is -2.15. The number of aromatic nitrogens is 1. The van der Waals surface area contributed by atoms with Crippen molar-refractivity contribution in [2.24, 2.45) is 0 Å². The highest BCUT2D eigenvalue weighted by Gasteiger charge is 2.24. The zero-order valence-electron chi connectivity index (χ0n) is 20.4. The molecule has 0 aliphatic heterocycles. The largest absolute Gasteiger partial charge is 0.495 e. The Bertz CT molecular complexity index is 1310. The summed E-state index contributed by atoms with van der Waals surface area (Å²) in [6, 6.07) is 13.7. The number of aliphatic carboxylic acids is 1. The predicted molar refractivity (Wildman–Crippen MR) is 142 cm³/mol. The van der Waals surface area contributed by atoms with Crippen LogP contribution < -0.4 is 15.4 Å². The standard InChI is InChI=1S/C27H25Cl2N3O6/c1-38-20-10-8-18(30-15-20)13-16-4-2-5-17(12-16)25(34)31-14-19(33)9-11-23(27(36)37)32-26(35)24-21(28)6-3-7-22(24)29/h2-8,10,12,15,23H,9,11,13-14H2,1H3,(H,31,34)(H,32,35)(H,36,37)/t23-/m0/s1. The summed E-state index contributed by atoms with van der Waals surface area (Å²) in [4.78, 5) is 53.4. The fraction of sp³-hybridized carbons (Fsp3) is 0.222. The van der Waals surface area contributed by atoms with E-state index in [4.69, 9.17) is 27.9 Å². The number of hydrogen-bond acceptors (Lipinski definition) is 6. The Morgan fingerprint density at radius 3 is 2.34 bits per heavy atom. The summed E-state index contributed by atoms with van der Waals surface area (Å²) in [7, 11) is 1.56. The van der Waals surface area contributed by atoms with Crippen LogP contribution in [-0.2, 0) is 16.0 Å². The molecular weight excluding hydrogens is 533 g/mol. The molecule has 1 heterocycles. The number of rotatable bonds is 12. The van der Waals surface area contributed by atoms with Crippen molar-refractivity contribution in [3.8, 4) is 5.75 Å². The molecule has 0 spiro atoms. The Kier molecular flexibility index (Phi) is 10.2. The summed E-state index contributed by atoms with van der Waals surface area (Å²) in [5.74, 6) is -2.28. The van der Waals surface area contributed by atoms with Gasteiger partial charge >= 0.3 is 5.97 Å². The Balaban J connectivity index is 1.51. The summed E-state index contributed by atoms with van der Waals surface area (Å²) >= 11 is 12.0. The first-order valence-corrected chi connectivity index (χ1v) is 12.3. The molecule has 2 amide bonds. The minimum absolute atomic E-state index is 0.0503. The van der Waals surface area contributed by atoms with Crippen LogP contribution in [0.3, 0.4) is 0 Å². The van der Waals surface area contributed by atoms with Crippen LogP contribution >= 0.6 is 23.2 Å². The lowest BCUT2D eigenvalue weighted by molar-refractivity contribution is -0.139. The van der Waals surface area contributed by atoms with Gasteiger partial charge in [0, 0.05) is 24.1 Å². The maximum atomic E-state index is 12.6. The van der Waals surface area contributed by atoms with Crippen LogP contribution in [0.25, 0.3) is 0 Å². The Morgan fingerprint density at radius 2 is 1.71 bits per heavy atom. The number of nitrogens with one attached hydrogen (secondary N) is 2. The van der Waals surface area contributed by atoms with Gasteiger partial charge in [-0.05, 0) is 48.4 Å². The predicted octanol–water partition coefficient (Wildman–Crippen LogP) is 3.95. The molecule has 38 heavy (non-hydrogen) atoms. The number of carbonyl (C=O) groups is 4. The van der Waals surface area contributed by atoms with E-state index >= 15 is 0 Å². The van der Waals surface area contributed by atoms with Crippen molar-refractivity contribution in [1.82, 2.24) is 15.6 Å². The number of nitrogens with zero attached hydrogens (tertiary/aromatic N) is 1. The first-order chi connectivity index (χ1) is 18.2. The van der Waals surface area contributed by atoms with Crippen molar-refractivity contribution in [1.29, 1.82) is 0 Å². The van der Waals surface area contributed by atoms with Gasteiger partial charge in [0.2, 0.25) is 0 Å². The molecule has 9 nitrogen and oxygen atoms in total. The number of ketones is 1. The first-order valence-electron chi connectivity index (χ1n) is 11.5. The number of carboxylic acids is 1. The molecule has 0 fully saturated rings. The number of ether oxygens (including phenoxy) is 1. The quantitative estimate of drug-likeness (QED) is 0.307. The monoisotopic (exact) mass is 557 g/mol. The molecule has 198 valence electrons. The third kappa shape index (κ3) is 8.03. The van der Waals surface area contributed by atoms with E-state index in [-0.39, 0.29) is 35.0 Å². The SMILES string of the molecule is COc1ccc(Cc2cccc(C(=O)NCC(=O)CC[C@H](NC(=O)c3c(Cl)cccc3Cl)C(=O)O)c2)nc1. The van der Waals surface area contributed by atoms with Crippen LogP contribution in [0.1, 0.15) is 44.8 Å². The second-order valence-electron chi connectivity index (χ2n) is 8.29. The van der Waals surface area contributed by atoms with E-state index in [1.165, 1.54) is 12.1 Å². The van der Waals surface area contributed by atoms with E-state index < -0.39 is 29.6 Å². The summed E-state index contributed by atoms with van der Waals surface area (Å²) in [6.45, 7) is -0.292. The van der Waals surface area contributed by atoms with Crippen molar-refractivity contribution >= 4 is 46.8 Å². The molecule has 3 rings (SSSR count). The number of hydrogen-bond donors (Lipinski definition) is 3. The molecule has 3 aromatic rings. The molecule has 11 heteroatoms. The average Bonchev–Trinajstić information content (AvgIpc) is 2.90. The lowest BCUT2D eigenvalue weighted by atomic mass is 10.1. The van der Waals surface area contributed by atoms with Crippen molar-refractivity contribution in [3.63, 3.8) is 0 Å². The highest BCUT2D eigenvalue weighted by molar-refractivity contribution is 6.39. The van der Waals surface area contributed by atoms with E-state index in [1.807, 2.05) is 12.1 Å². The summed E-state index contributed by atoms with van der Waals surface area (Å²) in [6.07, 6.45) is 1.76. The van der Waals surface area contributed by atoms with Crippen LogP contribution in [-0.4, -0.2) is 53.4 Å². The number of amides is 2. The smallest absolute Gasteiger partial charge is 0.326 e. The van der Waals surface area contributed by atoms with E-state index in [9.17, 15) is 24.3 Å². The molecule has 0 bridgehead atoms. The highest BCUT2D eigenvalue weighted by Crippen LogP contribution is 2.24. The number of methoxy groups -OCH3 is 1. The van der Waals surface area contributed by atoms with Gasteiger partial charge in [0.25, 0.3) is 11.8 Å². The van der Waals surface area contributed by atoms with Crippen molar-refractivity contribution in [3.05, 3.63) is 93.2 Å². The van der Waals surface area contributed by atoms with Crippen LogP contribution in [0, 0.1) is 0 Å². The van der Waals surface area contributed by atoms with Crippen LogP contribution in [0.4, 0.5) is 0 Å². The topological polar surface area (TPSA) is 135 Å². The molecule has 0 aliphatic rings. The van der Waals surface area contributed by atoms with E-state index in [2.05, 4.69) is 15.6 Å². The minimum atomic E-state index is -1.35. The molecule has 1 aromatic heterocycles. The number of Topliss-reactive ketones (excluding diaryl/α,β-unsaturated/α-hetero) is 1. The van der Waals surface area contributed by atoms with Crippen molar-refractivity contribution in [2.75, 3.05) is 13.7 Å². The third-order valence-corrected chi connectivity index (χ3v) is 6.19. The van der Waals surface area contributed by atoms with Gasteiger partial charge in [0.1, 0.15) is 11.8 Å².